The fourth-order valence-corrected chi connectivity index (χ4v) is 2.77. The van der Waals surface area contributed by atoms with Gasteiger partial charge in [0.15, 0.2) is 5.78 Å². The van der Waals surface area contributed by atoms with Crippen molar-refractivity contribution in [1.82, 2.24) is 4.90 Å². The lowest BCUT2D eigenvalue weighted by molar-refractivity contribution is -0.144. The van der Waals surface area contributed by atoms with Crippen LogP contribution in [0, 0.1) is 17.3 Å². The first kappa shape index (κ1) is 13.2. The van der Waals surface area contributed by atoms with Gasteiger partial charge in [0.25, 0.3) is 0 Å². The highest BCUT2D eigenvalue weighted by Crippen LogP contribution is 2.38. The van der Waals surface area contributed by atoms with E-state index < -0.39 is 5.41 Å². The third-order valence-corrected chi connectivity index (χ3v) is 4.07. The monoisotopic (exact) mass is 251 g/mol. The number of rotatable bonds is 2. The molecule has 0 aromatic rings. The maximum absolute atomic E-state index is 12.2. The molecule has 0 spiro atoms. The Morgan fingerprint density at radius 1 is 1.11 bits per heavy atom. The van der Waals surface area contributed by atoms with Crippen LogP contribution in [0.2, 0.25) is 0 Å². The minimum absolute atomic E-state index is 0.0475. The molecule has 0 unspecified atom stereocenters. The predicted molar refractivity (Wildman–Crippen MR) is 66.6 cm³/mol. The molecule has 18 heavy (non-hydrogen) atoms. The molecule has 0 radical (unpaired) electrons. The van der Waals surface area contributed by atoms with E-state index >= 15 is 0 Å². The molecule has 1 heterocycles. The lowest BCUT2D eigenvalue weighted by atomic mass is 9.81. The molecule has 1 aliphatic carbocycles. The summed E-state index contributed by atoms with van der Waals surface area (Å²) in [5, 5.41) is 0. The first-order chi connectivity index (χ1) is 8.32. The lowest BCUT2D eigenvalue weighted by Gasteiger charge is -2.21. The molecule has 0 aromatic carbocycles. The van der Waals surface area contributed by atoms with Crippen LogP contribution in [0.15, 0.2) is 0 Å². The zero-order valence-electron chi connectivity index (χ0n) is 11.4. The average Bonchev–Trinajstić information content (AvgIpc) is 2.54. The third kappa shape index (κ3) is 2.20. The summed E-state index contributed by atoms with van der Waals surface area (Å²) in [6, 6.07) is 0. The van der Waals surface area contributed by atoms with Crippen molar-refractivity contribution in [3.05, 3.63) is 0 Å². The smallest absolute Gasteiger partial charge is 0.233 e. The quantitative estimate of drug-likeness (QED) is 0.703. The zero-order valence-corrected chi connectivity index (χ0v) is 11.4. The Kier molecular flexibility index (Phi) is 3.30. The van der Waals surface area contributed by atoms with Crippen LogP contribution in [0.3, 0.4) is 0 Å². The van der Waals surface area contributed by atoms with Gasteiger partial charge in [-0.15, -0.1) is 0 Å². The summed E-state index contributed by atoms with van der Waals surface area (Å²) in [5.41, 5.74) is -0.506. The Morgan fingerprint density at radius 2 is 1.56 bits per heavy atom. The van der Waals surface area contributed by atoms with E-state index in [4.69, 9.17) is 0 Å². The number of imide groups is 1. The molecule has 1 saturated heterocycles. The summed E-state index contributed by atoms with van der Waals surface area (Å²) in [6.07, 6.45) is 3.63. The van der Waals surface area contributed by atoms with Gasteiger partial charge in [0.1, 0.15) is 0 Å². The maximum atomic E-state index is 12.2. The van der Waals surface area contributed by atoms with Gasteiger partial charge >= 0.3 is 0 Å². The number of amides is 2. The molecule has 0 bridgehead atoms. The molecule has 2 fully saturated rings. The number of hydrogen-bond acceptors (Lipinski definition) is 3. The predicted octanol–water partition coefficient (Wildman–Crippen LogP) is 1.78. The standard InChI is InChI=1S/C14H21NO3/c1-14(2,3)11(16)8-15-12(17)9-6-4-5-7-10(9)13(15)18/h9-10H,4-8H2,1-3H3/t9-,10-/m1/s1. The highest BCUT2D eigenvalue weighted by atomic mass is 16.2. The van der Waals surface area contributed by atoms with E-state index in [1.807, 2.05) is 20.8 Å². The van der Waals surface area contributed by atoms with E-state index in [0.717, 1.165) is 25.7 Å². The van der Waals surface area contributed by atoms with Gasteiger partial charge < -0.3 is 0 Å². The van der Waals surface area contributed by atoms with Crippen molar-refractivity contribution in [2.45, 2.75) is 46.5 Å². The van der Waals surface area contributed by atoms with Gasteiger partial charge in [0.2, 0.25) is 11.8 Å². The van der Waals surface area contributed by atoms with E-state index in [-0.39, 0.29) is 36.0 Å². The number of ketones is 1. The number of fused-ring (bicyclic) bond motifs is 1. The summed E-state index contributed by atoms with van der Waals surface area (Å²) in [5.74, 6) is -0.606. The number of likely N-dealkylation sites (tertiary alicyclic amines) is 1. The topological polar surface area (TPSA) is 54.5 Å². The zero-order chi connectivity index (χ0) is 13.5. The molecule has 1 saturated carbocycles. The second kappa shape index (κ2) is 4.48. The first-order valence-corrected chi connectivity index (χ1v) is 6.71. The second-order valence-electron chi connectivity index (χ2n) is 6.43. The van der Waals surface area contributed by atoms with Crippen LogP contribution in [-0.2, 0) is 14.4 Å². The molecule has 1 aliphatic heterocycles. The van der Waals surface area contributed by atoms with Crippen LogP contribution < -0.4 is 0 Å². The summed E-state index contributed by atoms with van der Waals surface area (Å²) in [6.45, 7) is 5.39. The van der Waals surface area contributed by atoms with Crippen molar-refractivity contribution >= 4 is 17.6 Å². The first-order valence-electron chi connectivity index (χ1n) is 6.71. The molecule has 4 nitrogen and oxygen atoms in total. The van der Waals surface area contributed by atoms with E-state index in [1.54, 1.807) is 0 Å². The molecule has 0 N–H and O–H groups in total. The van der Waals surface area contributed by atoms with Crippen LogP contribution in [0.25, 0.3) is 0 Å². The molecule has 4 heteroatoms. The van der Waals surface area contributed by atoms with Crippen LogP contribution in [0.5, 0.6) is 0 Å². The lowest BCUT2D eigenvalue weighted by Crippen LogP contribution is -2.40. The normalized spacial score (nSPS) is 28.5. The van der Waals surface area contributed by atoms with Crippen LogP contribution in [-0.4, -0.2) is 29.0 Å². The van der Waals surface area contributed by atoms with Crippen molar-refractivity contribution in [1.29, 1.82) is 0 Å². The van der Waals surface area contributed by atoms with E-state index in [9.17, 15) is 14.4 Å². The Morgan fingerprint density at radius 3 is 1.94 bits per heavy atom. The van der Waals surface area contributed by atoms with Crippen LogP contribution in [0.1, 0.15) is 46.5 Å². The minimum atomic E-state index is -0.506. The van der Waals surface area contributed by atoms with Crippen molar-refractivity contribution in [2.24, 2.45) is 17.3 Å². The summed E-state index contributed by atoms with van der Waals surface area (Å²) < 4.78 is 0. The van der Waals surface area contributed by atoms with Gasteiger partial charge in [-0.2, -0.15) is 0 Å². The van der Waals surface area contributed by atoms with E-state index in [1.165, 1.54) is 4.90 Å². The number of Topliss-reactive ketones (excluding diaryl/α,β-unsaturated/α-hetero) is 1. The van der Waals surface area contributed by atoms with Gasteiger partial charge in [-0.3, -0.25) is 19.3 Å². The largest absolute Gasteiger partial charge is 0.297 e. The summed E-state index contributed by atoms with van der Waals surface area (Å²) in [4.78, 5) is 37.5. The number of nitrogens with zero attached hydrogens (tertiary/aromatic N) is 1. The van der Waals surface area contributed by atoms with Crippen LogP contribution in [0.4, 0.5) is 0 Å². The van der Waals surface area contributed by atoms with Crippen molar-refractivity contribution in [3.8, 4) is 0 Å². The van der Waals surface area contributed by atoms with Gasteiger partial charge in [0.05, 0.1) is 18.4 Å². The molecule has 0 aromatic heterocycles. The number of carbonyl (C=O) groups is 3. The molecular formula is C14H21NO3. The highest BCUT2D eigenvalue weighted by molar-refractivity contribution is 6.07. The highest BCUT2D eigenvalue weighted by Gasteiger charge is 2.48. The molecule has 2 atom stereocenters. The Labute approximate surface area is 108 Å². The molecule has 2 rings (SSSR count). The van der Waals surface area contributed by atoms with Gasteiger partial charge in [-0.05, 0) is 12.8 Å². The maximum Gasteiger partial charge on any atom is 0.233 e. The Balaban J connectivity index is 2.12. The number of carbonyl (C=O) groups excluding carboxylic acids is 3. The van der Waals surface area contributed by atoms with Gasteiger partial charge in [-0.1, -0.05) is 33.6 Å². The van der Waals surface area contributed by atoms with Crippen molar-refractivity contribution in [3.63, 3.8) is 0 Å². The fraction of sp³-hybridized carbons (Fsp3) is 0.786. The van der Waals surface area contributed by atoms with E-state index in [0.29, 0.717) is 0 Å². The molecule has 2 amide bonds. The van der Waals surface area contributed by atoms with Crippen molar-refractivity contribution < 1.29 is 14.4 Å². The van der Waals surface area contributed by atoms with Gasteiger partial charge in [-0.25, -0.2) is 0 Å². The second-order valence-corrected chi connectivity index (χ2v) is 6.43. The van der Waals surface area contributed by atoms with Crippen LogP contribution >= 0.6 is 0 Å². The summed E-state index contributed by atoms with van der Waals surface area (Å²) >= 11 is 0. The third-order valence-electron chi connectivity index (χ3n) is 4.07. The molecular weight excluding hydrogens is 230 g/mol. The molecule has 2 aliphatic rings. The summed E-state index contributed by atoms with van der Waals surface area (Å²) in [7, 11) is 0. The van der Waals surface area contributed by atoms with E-state index in [2.05, 4.69) is 0 Å². The van der Waals surface area contributed by atoms with Crippen molar-refractivity contribution in [2.75, 3.05) is 6.54 Å². The van der Waals surface area contributed by atoms with Gasteiger partial charge in [0, 0.05) is 5.41 Å². The number of hydrogen-bond donors (Lipinski definition) is 0. The Bertz CT molecular complexity index is 370. The molecule has 100 valence electrons. The SMILES string of the molecule is CC(C)(C)C(=O)CN1C(=O)[C@@H]2CCCC[C@H]2C1=O. The Hall–Kier alpha value is -1.19. The minimum Gasteiger partial charge on any atom is -0.297 e. The average molecular weight is 251 g/mol. The fourth-order valence-electron chi connectivity index (χ4n) is 2.77.